The van der Waals surface area contributed by atoms with Crippen LogP contribution in [0.3, 0.4) is 0 Å². The number of hydrogen-bond donors (Lipinski definition) is 0. The minimum absolute atomic E-state index is 0.109. The fourth-order valence-electron chi connectivity index (χ4n) is 1.90. The highest BCUT2D eigenvalue weighted by atomic mass is 32.2. The van der Waals surface area contributed by atoms with Crippen LogP contribution in [0.1, 0.15) is 29.4 Å². The molecule has 0 aromatic carbocycles. The lowest BCUT2D eigenvalue weighted by Gasteiger charge is -2.14. The minimum atomic E-state index is 0.109. The van der Waals surface area contributed by atoms with Crippen LogP contribution in [-0.4, -0.2) is 44.8 Å². The Morgan fingerprint density at radius 3 is 3.00 bits per heavy atom. The van der Waals surface area contributed by atoms with E-state index in [4.69, 9.17) is 4.42 Å². The van der Waals surface area contributed by atoms with Gasteiger partial charge < -0.3 is 9.32 Å². The molecule has 6 nitrogen and oxygen atoms in total. The first-order valence-electron chi connectivity index (χ1n) is 6.73. The number of aromatic nitrogens is 3. The van der Waals surface area contributed by atoms with Crippen LogP contribution in [0.5, 0.6) is 0 Å². The Hall–Kier alpha value is -1.41. The lowest BCUT2D eigenvalue weighted by Crippen LogP contribution is -2.30. The van der Waals surface area contributed by atoms with Gasteiger partial charge in [-0.25, -0.2) is 4.98 Å². The third-order valence-electron chi connectivity index (χ3n) is 3.25. The van der Waals surface area contributed by atoms with Gasteiger partial charge in [-0.1, -0.05) is 11.8 Å². The fourth-order valence-corrected chi connectivity index (χ4v) is 3.22. The molecule has 0 unspecified atom stereocenters. The van der Waals surface area contributed by atoms with E-state index in [1.54, 1.807) is 11.3 Å². The maximum Gasteiger partial charge on any atom is 0.277 e. The van der Waals surface area contributed by atoms with Crippen molar-refractivity contribution < 1.29 is 9.21 Å². The van der Waals surface area contributed by atoms with Crippen molar-refractivity contribution in [1.82, 2.24) is 20.1 Å². The molecule has 112 valence electrons. The number of aryl methyl sites for hydroxylation is 1. The van der Waals surface area contributed by atoms with Crippen molar-refractivity contribution in [2.45, 2.75) is 37.5 Å². The van der Waals surface area contributed by atoms with Crippen LogP contribution < -0.4 is 0 Å². The van der Waals surface area contributed by atoms with E-state index in [0.717, 1.165) is 23.5 Å². The molecule has 2 aromatic heterocycles. The topological polar surface area (TPSA) is 72.1 Å². The molecule has 3 rings (SSSR count). The lowest BCUT2D eigenvalue weighted by molar-refractivity contribution is -0.127. The minimum Gasteiger partial charge on any atom is -0.416 e. The standard InChI is InChI=1S/C13H16N4O2S2/c1-8-14-9(6-20-8)5-11-15-16-13(19-11)21-7-12(18)17(2)10-3-4-10/h6,10H,3-5,7H2,1-2H3. The Balaban J connectivity index is 1.51. The zero-order chi connectivity index (χ0) is 14.8. The van der Waals surface area contributed by atoms with Gasteiger partial charge in [0.2, 0.25) is 11.8 Å². The van der Waals surface area contributed by atoms with Gasteiger partial charge in [-0.05, 0) is 19.8 Å². The van der Waals surface area contributed by atoms with E-state index in [-0.39, 0.29) is 5.91 Å². The van der Waals surface area contributed by atoms with Crippen LogP contribution in [0, 0.1) is 6.92 Å². The first-order chi connectivity index (χ1) is 10.1. The predicted molar refractivity (Wildman–Crippen MR) is 80.5 cm³/mol. The highest BCUT2D eigenvalue weighted by molar-refractivity contribution is 7.99. The van der Waals surface area contributed by atoms with Gasteiger partial charge in [-0.3, -0.25) is 4.79 Å². The number of amides is 1. The highest BCUT2D eigenvalue weighted by Crippen LogP contribution is 2.26. The first kappa shape index (κ1) is 14.5. The summed E-state index contributed by atoms with van der Waals surface area (Å²) >= 11 is 2.89. The summed E-state index contributed by atoms with van der Waals surface area (Å²) in [7, 11) is 1.85. The molecule has 0 aliphatic heterocycles. The largest absolute Gasteiger partial charge is 0.416 e. The zero-order valence-electron chi connectivity index (χ0n) is 11.9. The molecule has 1 aliphatic rings. The van der Waals surface area contributed by atoms with Gasteiger partial charge in [0.25, 0.3) is 5.22 Å². The van der Waals surface area contributed by atoms with Gasteiger partial charge in [0.05, 0.1) is 22.9 Å². The quantitative estimate of drug-likeness (QED) is 0.758. The molecule has 0 spiro atoms. The summed E-state index contributed by atoms with van der Waals surface area (Å²) in [4.78, 5) is 18.1. The molecule has 1 saturated carbocycles. The van der Waals surface area contributed by atoms with Crippen LogP contribution >= 0.6 is 23.1 Å². The summed E-state index contributed by atoms with van der Waals surface area (Å²) in [5, 5.41) is 11.4. The summed E-state index contributed by atoms with van der Waals surface area (Å²) in [5.74, 6) is 0.980. The molecule has 21 heavy (non-hydrogen) atoms. The van der Waals surface area contributed by atoms with Gasteiger partial charge in [0.1, 0.15) is 0 Å². The molecular weight excluding hydrogens is 308 g/mol. The third-order valence-corrected chi connectivity index (χ3v) is 4.88. The number of rotatable bonds is 6. The van der Waals surface area contributed by atoms with E-state index in [1.807, 2.05) is 24.3 Å². The van der Waals surface area contributed by atoms with Crippen LogP contribution in [-0.2, 0) is 11.2 Å². The van der Waals surface area contributed by atoms with Crippen molar-refractivity contribution in [2.24, 2.45) is 0 Å². The number of nitrogens with zero attached hydrogens (tertiary/aromatic N) is 4. The Bertz CT molecular complexity index is 636. The third kappa shape index (κ3) is 3.82. The van der Waals surface area contributed by atoms with E-state index >= 15 is 0 Å². The molecule has 0 N–H and O–H groups in total. The van der Waals surface area contributed by atoms with Crippen molar-refractivity contribution in [3.8, 4) is 0 Å². The summed E-state index contributed by atoms with van der Waals surface area (Å²) in [6.45, 7) is 1.96. The molecule has 8 heteroatoms. The number of thiazole rings is 1. The Morgan fingerprint density at radius 1 is 1.52 bits per heavy atom. The van der Waals surface area contributed by atoms with E-state index in [1.165, 1.54) is 11.8 Å². The van der Waals surface area contributed by atoms with Gasteiger partial charge in [-0.15, -0.1) is 21.5 Å². The van der Waals surface area contributed by atoms with E-state index in [2.05, 4.69) is 15.2 Å². The fraction of sp³-hybridized carbons (Fsp3) is 0.538. The second kappa shape index (κ2) is 6.15. The number of carbonyl (C=O) groups is 1. The summed E-state index contributed by atoms with van der Waals surface area (Å²) < 4.78 is 5.54. The Morgan fingerprint density at radius 2 is 2.33 bits per heavy atom. The number of thioether (sulfide) groups is 1. The van der Waals surface area contributed by atoms with Crippen LogP contribution in [0.25, 0.3) is 0 Å². The van der Waals surface area contributed by atoms with Gasteiger partial charge in [-0.2, -0.15) is 0 Å². The second-order valence-electron chi connectivity index (χ2n) is 5.02. The molecule has 0 atom stereocenters. The molecule has 2 aromatic rings. The average molecular weight is 324 g/mol. The van der Waals surface area contributed by atoms with E-state index in [9.17, 15) is 4.79 Å². The van der Waals surface area contributed by atoms with Gasteiger partial charge in [0, 0.05) is 18.5 Å². The molecule has 0 bridgehead atoms. The van der Waals surface area contributed by atoms with Crippen molar-refractivity contribution in [2.75, 3.05) is 12.8 Å². The molecule has 0 saturated heterocycles. The van der Waals surface area contributed by atoms with Crippen LogP contribution in [0.2, 0.25) is 0 Å². The zero-order valence-corrected chi connectivity index (χ0v) is 13.5. The van der Waals surface area contributed by atoms with Crippen LogP contribution in [0.15, 0.2) is 15.0 Å². The van der Waals surface area contributed by atoms with Gasteiger partial charge in [0.15, 0.2) is 0 Å². The summed E-state index contributed by atoms with van der Waals surface area (Å²) in [5.41, 5.74) is 0.933. The number of hydrogen-bond acceptors (Lipinski definition) is 7. The molecule has 1 fully saturated rings. The molecular formula is C13H16N4O2S2. The van der Waals surface area contributed by atoms with Crippen molar-refractivity contribution in [3.05, 3.63) is 22.0 Å². The van der Waals surface area contributed by atoms with Gasteiger partial charge >= 0.3 is 0 Å². The predicted octanol–water partition coefficient (Wildman–Crippen LogP) is 2.14. The van der Waals surface area contributed by atoms with E-state index in [0.29, 0.717) is 29.3 Å². The normalized spacial score (nSPS) is 14.4. The van der Waals surface area contributed by atoms with Crippen molar-refractivity contribution >= 4 is 29.0 Å². The second-order valence-corrected chi connectivity index (χ2v) is 7.01. The summed E-state index contributed by atoms with van der Waals surface area (Å²) in [6, 6.07) is 0.434. The first-order valence-corrected chi connectivity index (χ1v) is 8.60. The monoisotopic (exact) mass is 324 g/mol. The van der Waals surface area contributed by atoms with Crippen molar-refractivity contribution in [1.29, 1.82) is 0 Å². The molecule has 2 heterocycles. The smallest absolute Gasteiger partial charge is 0.277 e. The summed E-state index contributed by atoms with van der Waals surface area (Å²) in [6.07, 6.45) is 2.77. The van der Waals surface area contributed by atoms with E-state index < -0.39 is 0 Å². The van der Waals surface area contributed by atoms with Crippen molar-refractivity contribution in [3.63, 3.8) is 0 Å². The molecule has 1 aliphatic carbocycles. The Labute approximate surface area is 131 Å². The Kier molecular flexibility index (Phi) is 4.25. The molecule has 0 radical (unpaired) electrons. The maximum atomic E-state index is 11.9. The maximum absolute atomic E-state index is 11.9. The molecule has 1 amide bonds. The SMILES string of the molecule is Cc1nc(Cc2nnc(SCC(=O)N(C)C3CC3)o2)cs1. The highest BCUT2D eigenvalue weighted by Gasteiger charge is 2.29. The average Bonchev–Trinajstić information content (AvgIpc) is 3.10. The lowest BCUT2D eigenvalue weighted by atomic mass is 10.3. The number of carbonyl (C=O) groups excluding carboxylic acids is 1. The van der Waals surface area contributed by atoms with Crippen LogP contribution in [0.4, 0.5) is 0 Å².